The van der Waals surface area contributed by atoms with Gasteiger partial charge in [0.15, 0.2) is 16.7 Å². The third-order valence-corrected chi connectivity index (χ3v) is 7.38. The van der Waals surface area contributed by atoms with E-state index in [9.17, 15) is 14.4 Å². The Morgan fingerprint density at radius 2 is 1.94 bits per heavy atom. The van der Waals surface area contributed by atoms with Gasteiger partial charge in [0.1, 0.15) is 11.0 Å². The van der Waals surface area contributed by atoms with Gasteiger partial charge in [-0.2, -0.15) is 0 Å². The van der Waals surface area contributed by atoms with Gasteiger partial charge in [-0.3, -0.25) is 14.5 Å². The number of amides is 1. The lowest BCUT2D eigenvalue weighted by atomic mass is 9.77. The first-order chi connectivity index (χ1) is 15.0. The van der Waals surface area contributed by atoms with Crippen LogP contribution in [0.25, 0.3) is 0 Å². The minimum absolute atomic E-state index is 0.00266. The molecule has 3 atom stereocenters. The van der Waals surface area contributed by atoms with Crippen molar-refractivity contribution in [3.63, 3.8) is 0 Å². The summed E-state index contributed by atoms with van der Waals surface area (Å²) in [4.78, 5) is 45.6. The molecule has 1 aliphatic carbocycles. The number of hydrogen-bond acceptors (Lipinski definition) is 7. The van der Waals surface area contributed by atoms with E-state index in [4.69, 9.17) is 9.47 Å². The Balaban J connectivity index is 1.64. The number of hydrogen-bond donors (Lipinski definition) is 0. The molecule has 3 heterocycles. The van der Waals surface area contributed by atoms with Crippen LogP contribution in [0.15, 0.2) is 41.7 Å². The van der Waals surface area contributed by atoms with Crippen molar-refractivity contribution in [2.45, 2.75) is 44.8 Å². The lowest BCUT2D eigenvalue weighted by molar-refractivity contribution is -0.131. The topological polar surface area (TPSA) is 85.8 Å². The van der Waals surface area contributed by atoms with E-state index in [1.165, 1.54) is 12.0 Å². The van der Waals surface area contributed by atoms with Gasteiger partial charge in [-0.15, -0.1) is 0 Å². The number of nitrogens with zero attached hydrogens (tertiary/aromatic N) is 2. The van der Waals surface area contributed by atoms with Crippen LogP contribution in [-0.2, 0) is 19.1 Å². The van der Waals surface area contributed by atoms with Crippen molar-refractivity contribution in [3.8, 4) is 0 Å². The summed E-state index contributed by atoms with van der Waals surface area (Å²) in [6, 6.07) is 8.79. The zero-order chi connectivity index (χ0) is 21.7. The third-order valence-electron chi connectivity index (χ3n) is 6.24. The molecule has 1 fully saturated rings. The number of benzene rings is 1. The van der Waals surface area contributed by atoms with E-state index < -0.39 is 12.0 Å². The van der Waals surface area contributed by atoms with E-state index in [0.29, 0.717) is 21.3 Å². The number of thiazole rings is 1. The number of aryl methyl sites for hydroxylation is 1. The summed E-state index contributed by atoms with van der Waals surface area (Å²) < 4.78 is 11.0. The fourth-order valence-electron chi connectivity index (χ4n) is 4.76. The van der Waals surface area contributed by atoms with Crippen molar-refractivity contribution in [2.24, 2.45) is 5.92 Å². The van der Waals surface area contributed by atoms with Gasteiger partial charge in [0.2, 0.25) is 0 Å². The fourth-order valence-corrected chi connectivity index (χ4v) is 5.77. The average molecular weight is 439 g/mol. The van der Waals surface area contributed by atoms with Crippen LogP contribution >= 0.6 is 11.3 Å². The molecule has 8 heteroatoms. The predicted octanol–water partition coefficient (Wildman–Crippen LogP) is 3.74. The number of ether oxygens (including phenoxy) is 2. The van der Waals surface area contributed by atoms with E-state index >= 15 is 0 Å². The maximum atomic E-state index is 13.6. The molecule has 0 saturated heterocycles. The minimum Gasteiger partial charge on any atom is -0.483 e. The standard InChI is InChI=1S/C23H22N2O5S/c1-12-20(22(28)29-2)31-23(24-12)25-17(13-8-4-3-5-9-13)16-18(26)14-10-6-7-11-15(14)30-19(16)21(25)27/h3-5,8-9,14-15,17H,6-7,10-11H2,1-2H3. The molecule has 0 bridgehead atoms. The number of methoxy groups -OCH3 is 1. The molecule has 5 rings (SSSR count). The van der Waals surface area contributed by atoms with Gasteiger partial charge in [0, 0.05) is 0 Å². The SMILES string of the molecule is COC(=O)c1sc(N2C(=O)C3=C(C(=O)C4CCCCC4O3)C2c2ccccc2)nc1C. The van der Waals surface area contributed by atoms with Crippen molar-refractivity contribution >= 4 is 34.1 Å². The van der Waals surface area contributed by atoms with Gasteiger partial charge in [-0.25, -0.2) is 9.78 Å². The number of Topliss-reactive ketones (excluding diaryl/α,β-unsaturated/α-hetero) is 1. The second kappa shape index (κ2) is 7.60. The molecule has 1 saturated carbocycles. The number of carbonyl (C=O) groups is 3. The third kappa shape index (κ3) is 3.08. The molecule has 31 heavy (non-hydrogen) atoms. The molecule has 2 aliphatic heterocycles. The number of carbonyl (C=O) groups excluding carboxylic acids is 3. The number of rotatable bonds is 3. The molecular formula is C23H22N2O5S. The first kappa shape index (κ1) is 19.9. The van der Waals surface area contributed by atoms with Gasteiger partial charge in [0.05, 0.1) is 30.3 Å². The predicted molar refractivity (Wildman–Crippen MR) is 114 cm³/mol. The van der Waals surface area contributed by atoms with Crippen LogP contribution in [0.2, 0.25) is 0 Å². The van der Waals surface area contributed by atoms with E-state index in [2.05, 4.69) is 4.98 Å². The molecule has 3 aliphatic rings. The van der Waals surface area contributed by atoms with Crippen LogP contribution in [0.5, 0.6) is 0 Å². The summed E-state index contributed by atoms with van der Waals surface area (Å²) in [6.07, 6.45) is 3.29. The van der Waals surface area contributed by atoms with Crippen molar-refractivity contribution in [3.05, 3.63) is 57.8 Å². The maximum Gasteiger partial charge on any atom is 0.350 e. The lowest BCUT2D eigenvalue weighted by Crippen LogP contribution is -2.39. The van der Waals surface area contributed by atoms with Crippen molar-refractivity contribution in [1.29, 1.82) is 0 Å². The number of esters is 1. The Morgan fingerprint density at radius 3 is 2.68 bits per heavy atom. The van der Waals surface area contributed by atoms with Crippen LogP contribution < -0.4 is 4.90 Å². The Kier molecular flexibility index (Phi) is 4.89. The summed E-state index contributed by atoms with van der Waals surface area (Å²) in [5, 5.41) is 0.352. The average Bonchev–Trinajstić information content (AvgIpc) is 3.31. The zero-order valence-electron chi connectivity index (χ0n) is 17.3. The highest BCUT2D eigenvalue weighted by molar-refractivity contribution is 7.17. The number of anilines is 1. The fraction of sp³-hybridized carbons (Fsp3) is 0.391. The molecule has 1 aromatic carbocycles. The van der Waals surface area contributed by atoms with Crippen molar-refractivity contribution in [2.75, 3.05) is 12.0 Å². The first-order valence-corrected chi connectivity index (χ1v) is 11.2. The van der Waals surface area contributed by atoms with E-state index in [-0.39, 0.29) is 29.5 Å². The lowest BCUT2D eigenvalue weighted by Gasteiger charge is -2.35. The minimum atomic E-state index is -0.630. The largest absolute Gasteiger partial charge is 0.483 e. The summed E-state index contributed by atoms with van der Waals surface area (Å²) in [7, 11) is 1.31. The molecule has 7 nitrogen and oxygen atoms in total. The molecule has 1 aromatic heterocycles. The highest BCUT2D eigenvalue weighted by atomic mass is 32.1. The zero-order valence-corrected chi connectivity index (χ0v) is 18.1. The summed E-state index contributed by atoms with van der Waals surface area (Å²) in [6.45, 7) is 1.70. The van der Waals surface area contributed by atoms with Gasteiger partial charge >= 0.3 is 5.97 Å². The summed E-state index contributed by atoms with van der Waals surface area (Å²) in [5.74, 6) is -0.965. The van der Waals surface area contributed by atoms with Gasteiger partial charge in [0.25, 0.3) is 5.91 Å². The molecule has 160 valence electrons. The van der Waals surface area contributed by atoms with Crippen molar-refractivity contribution < 1.29 is 23.9 Å². The smallest absolute Gasteiger partial charge is 0.350 e. The Bertz CT molecular complexity index is 1110. The van der Waals surface area contributed by atoms with Gasteiger partial charge in [-0.1, -0.05) is 48.1 Å². The maximum absolute atomic E-state index is 13.6. The quantitative estimate of drug-likeness (QED) is 0.679. The first-order valence-electron chi connectivity index (χ1n) is 10.4. The summed E-state index contributed by atoms with van der Waals surface area (Å²) >= 11 is 1.09. The molecule has 1 amide bonds. The van der Waals surface area contributed by atoms with Gasteiger partial charge in [-0.05, 0) is 31.7 Å². The highest BCUT2D eigenvalue weighted by Crippen LogP contribution is 2.49. The van der Waals surface area contributed by atoms with Crippen LogP contribution in [0.4, 0.5) is 5.13 Å². The molecular weight excluding hydrogens is 416 g/mol. The van der Waals surface area contributed by atoms with Gasteiger partial charge < -0.3 is 9.47 Å². The molecule has 2 aromatic rings. The Hall–Kier alpha value is -3.00. The Labute approximate surface area is 183 Å². The van der Waals surface area contributed by atoms with Crippen LogP contribution in [0.3, 0.4) is 0 Å². The highest BCUT2D eigenvalue weighted by Gasteiger charge is 2.53. The molecule has 0 radical (unpaired) electrons. The second-order valence-electron chi connectivity index (χ2n) is 8.05. The summed E-state index contributed by atoms with van der Waals surface area (Å²) in [5.41, 5.74) is 1.70. The van der Waals surface area contributed by atoms with E-state index in [1.54, 1.807) is 6.92 Å². The molecule has 3 unspecified atom stereocenters. The normalized spacial score (nSPS) is 25.2. The van der Waals surface area contributed by atoms with Crippen LogP contribution in [-0.4, -0.2) is 35.9 Å². The number of ketones is 1. The van der Waals surface area contributed by atoms with E-state index in [0.717, 1.165) is 42.6 Å². The molecule has 0 N–H and O–H groups in total. The van der Waals surface area contributed by atoms with Crippen molar-refractivity contribution in [1.82, 2.24) is 4.98 Å². The van der Waals surface area contributed by atoms with E-state index in [1.807, 2.05) is 30.3 Å². The second-order valence-corrected chi connectivity index (χ2v) is 9.02. The number of fused-ring (bicyclic) bond motifs is 1. The number of aromatic nitrogens is 1. The van der Waals surface area contributed by atoms with Crippen LogP contribution in [0, 0.1) is 12.8 Å². The Morgan fingerprint density at radius 1 is 1.19 bits per heavy atom. The van der Waals surface area contributed by atoms with Crippen LogP contribution in [0.1, 0.15) is 52.7 Å². The monoisotopic (exact) mass is 438 g/mol. The molecule has 0 spiro atoms.